The van der Waals surface area contributed by atoms with Crippen LogP contribution in [0, 0.1) is 17.1 Å². The Balaban J connectivity index is 2.40. The fraction of sp³-hybridized carbons (Fsp3) is 0.211. The van der Waals surface area contributed by atoms with Crippen LogP contribution in [0.5, 0.6) is 0 Å². The summed E-state index contributed by atoms with van der Waals surface area (Å²) in [6.07, 6.45) is 2.96. The number of hydrogen-bond donors (Lipinski definition) is 2. The van der Waals surface area contributed by atoms with E-state index in [1.807, 2.05) is 30.5 Å². The molecule has 0 aliphatic rings. The third kappa shape index (κ3) is 4.09. The van der Waals surface area contributed by atoms with Gasteiger partial charge in [-0.25, -0.2) is 4.39 Å². The van der Waals surface area contributed by atoms with Crippen LogP contribution in [0.3, 0.4) is 0 Å². The maximum Gasteiger partial charge on any atom is 0.141 e. The zero-order valence-corrected chi connectivity index (χ0v) is 14.6. The Morgan fingerprint density at radius 3 is 2.71 bits per heavy atom. The number of nitrogens with zero attached hydrogens (tertiary/aromatic N) is 1. The number of anilines is 2. The van der Waals surface area contributed by atoms with Crippen molar-refractivity contribution < 1.29 is 4.39 Å². The highest BCUT2D eigenvalue weighted by Gasteiger charge is 2.11. The quantitative estimate of drug-likeness (QED) is 0.674. The summed E-state index contributed by atoms with van der Waals surface area (Å²) in [5.41, 5.74) is 4.27. The molecule has 0 bridgehead atoms. The highest BCUT2D eigenvalue weighted by atomic mass is 32.2. The molecule has 0 aromatic heterocycles. The normalized spacial score (nSPS) is 10.1. The molecular weight excluding hydrogens is 321 g/mol. The third-order valence-electron chi connectivity index (χ3n) is 3.57. The highest BCUT2D eigenvalue weighted by Crippen LogP contribution is 2.31. The molecule has 2 rings (SSSR count). The molecule has 2 aromatic carbocycles. The second kappa shape index (κ2) is 8.42. The molecule has 0 heterocycles. The lowest BCUT2D eigenvalue weighted by Crippen LogP contribution is -2.04. The van der Waals surface area contributed by atoms with Crippen molar-refractivity contribution in [2.45, 2.75) is 13.3 Å². The van der Waals surface area contributed by atoms with Crippen molar-refractivity contribution in [2.24, 2.45) is 0 Å². The largest absolute Gasteiger partial charge is 0.384 e. The topological polar surface area (TPSA) is 47.9 Å². The van der Waals surface area contributed by atoms with Crippen LogP contribution < -0.4 is 10.0 Å². The van der Waals surface area contributed by atoms with E-state index in [1.165, 1.54) is 24.1 Å². The van der Waals surface area contributed by atoms with Gasteiger partial charge in [-0.3, -0.25) is 0 Å². The fourth-order valence-electron chi connectivity index (χ4n) is 2.34. The molecule has 124 valence electrons. The molecule has 0 spiro atoms. The molecule has 5 heteroatoms. The van der Waals surface area contributed by atoms with Crippen molar-refractivity contribution in [3.63, 3.8) is 0 Å². The maximum atomic E-state index is 13.9. The van der Waals surface area contributed by atoms with Crippen molar-refractivity contribution in [1.82, 2.24) is 0 Å². The predicted molar refractivity (Wildman–Crippen MR) is 102 cm³/mol. The predicted octanol–water partition coefficient (Wildman–Crippen LogP) is 5.27. The van der Waals surface area contributed by atoms with Gasteiger partial charge in [0.05, 0.1) is 5.56 Å². The van der Waals surface area contributed by atoms with Crippen LogP contribution in [0.15, 0.2) is 43.0 Å². The average Bonchev–Trinajstić information content (AvgIpc) is 2.59. The van der Waals surface area contributed by atoms with Crippen LogP contribution in [-0.2, 0) is 0 Å². The van der Waals surface area contributed by atoms with Gasteiger partial charge in [0.1, 0.15) is 11.9 Å². The molecule has 0 unspecified atom stereocenters. The van der Waals surface area contributed by atoms with Crippen LogP contribution >= 0.6 is 11.9 Å². The Labute approximate surface area is 146 Å². The molecule has 2 aromatic rings. The van der Waals surface area contributed by atoms with Crippen LogP contribution in [0.1, 0.15) is 30.0 Å². The maximum absolute atomic E-state index is 13.9. The van der Waals surface area contributed by atoms with Gasteiger partial charge in [0.2, 0.25) is 0 Å². The molecule has 0 aliphatic heterocycles. The zero-order valence-electron chi connectivity index (χ0n) is 13.8. The van der Waals surface area contributed by atoms with E-state index in [9.17, 15) is 4.39 Å². The first kappa shape index (κ1) is 17.9. The van der Waals surface area contributed by atoms with Crippen molar-refractivity contribution in [3.05, 3.63) is 65.5 Å². The summed E-state index contributed by atoms with van der Waals surface area (Å²) in [7, 11) is 0. The van der Waals surface area contributed by atoms with E-state index in [2.05, 4.69) is 23.5 Å². The second-order valence-corrected chi connectivity index (χ2v) is 5.89. The van der Waals surface area contributed by atoms with E-state index in [-0.39, 0.29) is 5.56 Å². The van der Waals surface area contributed by atoms with E-state index in [0.29, 0.717) is 11.1 Å². The summed E-state index contributed by atoms with van der Waals surface area (Å²) < 4.78 is 17.1. The second-order valence-electron chi connectivity index (χ2n) is 5.28. The summed E-state index contributed by atoms with van der Waals surface area (Å²) in [6, 6.07) is 12.4. The minimum atomic E-state index is -0.528. The first-order valence-electron chi connectivity index (χ1n) is 7.67. The van der Waals surface area contributed by atoms with Crippen molar-refractivity contribution in [3.8, 4) is 6.07 Å². The van der Waals surface area contributed by atoms with Gasteiger partial charge in [-0.2, -0.15) is 5.26 Å². The molecule has 0 saturated carbocycles. The van der Waals surface area contributed by atoms with E-state index in [1.54, 1.807) is 6.07 Å². The van der Waals surface area contributed by atoms with Gasteiger partial charge in [0.25, 0.3) is 0 Å². The van der Waals surface area contributed by atoms with Gasteiger partial charge < -0.3 is 10.0 Å². The van der Waals surface area contributed by atoms with Gasteiger partial charge in [-0.1, -0.05) is 37.6 Å². The summed E-state index contributed by atoms with van der Waals surface area (Å²) in [5.74, 6) is -0.528. The fourth-order valence-corrected chi connectivity index (χ4v) is 2.71. The van der Waals surface area contributed by atoms with Gasteiger partial charge in [-0.05, 0) is 41.8 Å². The van der Waals surface area contributed by atoms with Gasteiger partial charge >= 0.3 is 0 Å². The molecule has 0 radical (unpaired) electrons. The van der Waals surface area contributed by atoms with Crippen molar-refractivity contribution >= 4 is 28.9 Å². The van der Waals surface area contributed by atoms with E-state index >= 15 is 0 Å². The summed E-state index contributed by atoms with van der Waals surface area (Å²) >= 11 is 1.52. The third-order valence-corrected chi connectivity index (χ3v) is 4.01. The lowest BCUT2D eigenvalue weighted by Gasteiger charge is -2.16. The molecule has 0 aliphatic carbocycles. The summed E-state index contributed by atoms with van der Waals surface area (Å²) in [5, 5.41) is 12.2. The summed E-state index contributed by atoms with van der Waals surface area (Å²) in [4.78, 5) is 0. The monoisotopic (exact) mass is 341 g/mol. The molecule has 0 atom stereocenters. The summed E-state index contributed by atoms with van der Waals surface area (Å²) in [6.45, 7) is 7.06. The average molecular weight is 341 g/mol. The minimum absolute atomic E-state index is 0.0374. The number of nitriles is 1. The number of halogens is 1. The van der Waals surface area contributed by atoms with Gasteiger partial charge in [0, 0.05) is 29.7 Å². The number of benzene rings is 2. The van der Waals surface area contributed by atoms with Gasteiger partial charge in [-0.15, -0.1) is 0 Å². The van der Waals surface area contributed by atoms with Gasteiger partial charge in [0.15, 0.2) is 0 Å². The molecular formula is C19H20FN3S. The minimum Gasteiger partial charge on any atom is -0.384 e. The Morgan fingerprint density at radius 2 is 2.08 bits per heavy atom. The molecule has 3 nitrogen and oxygen atoms in total. The number of rotatable bonds is 7. The Morgan fingerprint density at radius 1 is 1.29 bits per heavy atom. The molecule has 0 saturated heterocycles. The lowest BCUT2D eigenvalue weighted by atomic mass is 9.96. The molecule has 0 fully saturated rings. The first-order valence-corrected chi connectivity index (χ1v) is 8.89. The highest BCUT2D eigenvalue weighted by molar-refractivity contribution is 7.99. The van der Waals surface area contributed by atoms with E-state index < -0.39 is 5.82 Å². The van der Waals surface area contributed by atoms with Crippen LogP contribution in [0.25, 0.3) is 5.57 Å². The molecule has 0 amide bonds. The number of hydrogen-bond acceptors (Lipinski definition) is 4. The van der Waals surface area contributed by atoms with Crippen molar-refractivity contribution in [2.75, 3.05) is 22.8 Å². The molecule has 24 heavy (non-hydrogen) atoms. The van der Waals surface area contributed by atoms with E-state index in [0.717, 1.165) is 29.9 Å². The molecule has 2 N–H and O–H groups in total. The first-order chi connectivity index (χ1) is 11.6. The lowest BCUT2D eigenvalue weighted by molar-refractivity contribution is 0.623. The van der Waals surface area contributed by atoms with Crippen LogP contribution in [0.4, 0.5) is 15.8 Å². The smallest absolute Gasteiger partial charge is 0.141 e. The Hall–Kier alpha value is -2.45. The Bertz CT molecular complexity index is 781. The standard InChI is InChI=1S/C19H20FN3S/c1-4-9-22-19-11-16(23-24-3)7-8-17(19)13(2)14-5-6-15(12-21)18(20)10-14/h5-8,10-11,22-23H,2,4,9H2,1,3H3. The van der Waals surface area contributed by atoms with Crippen LogP contribution in [0.2, 0.25) is 0 Å². The SMILES string of the molecule is C=C(c1ccc(C#N)c(F)c1)c1ccc(NSC)cc1NCCC. The number of nitrogens with one attached hydrogen (secondary N) is 2. The van der Waals surface area contributed by atoms with E-state index in [4.69, 9.17) is 5.26 Å². The Kier molecular flexibility index (Phi) is 6.28. The van der Waals surface area contributed by atoms with Crippen molar-refractivity contribution in [1.29, 1.82) is 5.26 Å². The van der Waals surface area contributed by atoms with Crippen LogP contribution in [-0.4, -0.2) is 12.8 Å². The zero-order chi connectivity index (χ0) is 17.5.